The van der Waals surface area contributed by atoms with E-state index in [0.29, 0.717) is 0 Å². The minimum atomic E-state index is 0. The Kier molecular flexibility index (Phi) is 12.7. The van der Waals surface area contributed by atoms with Gasteiger partial charge < -0.3 is 14.9 Å². The average Bonchev–Trinajstić information content (AvgIpc) is 3.66. The molecule has 0 atom stereocenters. The molecular formula is C36H30Cl2GeZr-4. The van der Waals surface area contributed by atoms with E-state index >= 15 is 0 Å². The Hall–Kier alpha value is -2.41. The van der Waals surface area contributed by atoms with Crippen molar-refractivity contribution in [1.29, 1.82) is 0 Å². The van der Waals surface area contributed by atoms with Crippen LogP contribution in [-0.4, -0.2) is 12.1 Å². The van der Waals surface area contributed by atoms with Gasteiger partial charge in [0.25, 0.3) is 0 Å². The quantitative estimate of drug-likeness (QED) is 0.0841. The van der Waals surface area contributed by atoms with E-state index in [1.807, 2.05) is 0 Å². The van der Waals surface area contributed by atoms with E-state index in [4.69, 9.17) is 0 Å². The maximum absolute atomic E-state index is 2.21. The summed E-state index contributed by atoms with van der Waals surface area (Å²) in [6, 6.07) is 47.8. The van der Waals surface area contributed by atoms with Gasteiger partial charge in [0.1, 0.15) is 0 Å². The summed E-state index contributed by atoms with van der Waals surface area (Å²) >= 11 is 3.64. The average molecular weight is 697 g/mol. The van der Waals surface area contributed by atoms with E-state index in [0.717, 1.165) is 0 Å². The number of halogens is 2. The van der Waals surface area contributed by atoms with Crippen LogP contribution in [0, 0.1) is 14.9 Å². The summed E-state index contributed by atoms with van der Waals surface area (Å²) in [7, 11) is 0. The monoisotopic (exact) mass is 696 g/mol. The predicted octanol–water partition coefficient (Wildman–Crippen LogP) is 11.1. The fourth-order valence-electron chi connectivity index (χ4n) is 5.59. The van der Waals surface area contributed by atoms with Crippen LogP contribution >= 0.6 is 24.8 Å². The van der Waals surface area contributed by atoms with E-state index in [-0.39, 0.29) is 39.7 Å². The second-order valence-electron chi connectivity index (χ2n) is 8.89. The Morgan fingerprint density at radius 1 is 0.350 bits per heavy atom. The van der Waals surface area contributed by atoms with Gasteiger partial charge in [0, 0.05) is 0 Å². The van der Waals surface area contributed by atoms with Crippen molar-refractivity contribution in [3.05, 3.63) is 148 Å². The number of hydrogen-bond donors (Lipinski definition) is 0. The molecule has 0 fully saturated rings. The number of benzene rings is 6. The van der Waals surface area contributed by atoms with E-state index < -0.39 is 0 Å². The van der Waals surface area contributed by atoms with Crippen LogP contribution in [0.3, 0.4) is 0 Å². The summed E-state index contributed by atoms with van der Waals surface area (Å²) in [6.07, 6.45) is 0. The molecule has 40 heavy (non-hydrogen) atoms. The molecule has 4 heteroatoms. The standard InChI is InChI=1S/2C17H11.2CH3.2ClH.Ge.Zr/c2*1-3-8-14-12(6-1)13-7-2-4-9-15(13)17-11-5-10-16(14)17;;;;;;/h2*1-11H;2*1H3;2*1H;;/q4*-1;;;;. The molecule has 0 spiro atoms. The molecule has 0 saturated carbocycles. The topological polar surface area (TPSA) is 0 Å². The Morgan fingerprint density at radius 3 is 0.825 bits per heavy atom. The van der Waals surface area contributed by atoms with Crippen LogP contribution in [0.5, 0.6) is 0 Å². The number of fused-ring (bicyclic) bond motifs is 12. The molecule has 8 aromatic rings. The zero-order valence-electron chi connectivity index (χ0n) is 22.5. The third-order valence-corrected chi connectivity index (χ3v) is 7.08. The first-order valence-corrected chi connectivity index (χ1v) is 19.5. The van der Waals surface area contributed by atoms with Crippen LogP contribution < -0.4 is 0 Å². The molecule has 0 N–H and O–H groups in total. The summed E-state index contributed by atoms with van der Waals surface area (Å²) in [5.74, 6) is 0. The SMILES string of the molecule is Cl.Cl.[CH3-].[CH3-].[Ge]=[Zr].c1ccc2c(c1)c1ccccc1c1[cH-]ccc21.c1ccc2c(c1)c1ccccc1c1[cH-]ccc21. The Morgan fingerprint density at radius 2 is 0.550 bits per heavy atom. The second kappa shape index (κ2) is 15.0. The molecule has 0 unspecified atom stereocenters. The molecule has 0 aliphatic carbocycles. The van der Waals surface area contributed by atoms with Gasteiger partial charge in [-0.2, -0.15) is 24.3 Å². The molecule has 200 valence electrons. The number of rotatable bonds is 0. The van der Waals surface area contributed by atoms with Crippen LogP contribution in [0.1, 0.15) is 0 Å². The van der Waals surface area contributed by atoms with Crippen molar-refractivity contribution < 1.29 is 21.6 Å². The van der Waals surface area contributed by atoms with Crippen molar-refractivity contribution in [1.82, 2.24) is 0 Å². The molecule has 0 aliphatic rings. The maximum atomic E-state index is 2.21. The van der Waals surface area contributed by atoms with Gasteiger partial charge in [-0.1, -0.05) is 129 Å². The molecule has 0 amide bonds. The predicted molar refractivity (Wildman–Crippen MR) is 182 cm³/mol. The molecule has 8 rings (SSSR count). The minimum Gasteiger partial charge on any atom is -0.168 e. The van der Waals surface area contributed by atoms with Crippen LogP contribution in [0.25, 0.3) is 64.6 Å². The first-order valence-electron chi connectivity index (χ1n) is 12.0. The van der Waals surface area contributed by atoms with Crippen LogP contribution in [-0.2, 0) is 21.6 Å². The van der Waals surface area contributed by atoms with Crippen LogP contribution in [0.4, 0.5) is 0 Å². The van der Waals surface area contributed by atoms with E-state index in [9.17, 15) is 0 Å². The summed E-state index contributed by atoms with van der Waals surface area (Å²) < 4.78 is 0. The molecular weight excluding hydrogens is 667 g/mol. The minimum absolute atomic E-state index is 0. The van der Waals surface area contributed by atoms with E-state index in [1.54, 1.807) is 21.6 Å². The fraction of sp³-hybridized carbons (Fsp3) is 0. The second-order valence-corrected chi connectivity index (χ2v) is 8.89. The summed E-state index contributed by atoms with van der Waals surface area (Å²) in [4.78, 5) is 0. The van der Waals surface area contributed by atoms with Crippen LogP contribution in [0.2, 0.25) is 0 Å². The van der Waals surface area contributed by atoms with Gasteiger partial charge in [-0.15, -0.1) is 58.5 Å². The Balaban J connectivity index is 0.000000241. The molecule has 8 aromatic carbocycles. The van der Waals surface area contributed by atoms with Crippen molar-refractivity contribution in [3.63, 3.8) is 0 Å². The summed E-state index contributed by atoms with van der Waals surface area (Å²) in [5, 5.41) is 16.2. The normalized spacial score (nSPS) is 9.88. The van der Waals surface area contributed by atoms with Gasteiger partial charge in [-0.25, -0.2) is 0 Å². The largest absolute Gasteiger partial charge is 0.168 e. The van der Waals surface area contributed by atoms with Gasteiger partial charge in [-0.05, 0) is 10.8 Å². The molecule has 0 bridgehead atoms. The van der Waals surface area contributed by atoms with Crippen molar-refractivity contribution >= 4 is 102 Å². The molecule has 0 nitrogen and oxygen atoms in total. The third kappa shape index (κ3) is 5.81. The van der Waals surface area contributed by atoms with E-state index in [1.165, 1.54) is 64.6 Å². The van der Waals surface area contributed by atoms with Gasteiger partial charge in [-0.3, -0.25) is 0 Å². The summed E-state index contributed by atoms with van der Waals surface area (Å²) in [6.45, 7) is 0. The maximum Gasteiger partial charge on any atom is -0.0293 e. The fourth-order valence-corrected chi connectivity index (χ4v) is 5.59. The van der Waals surface area contributed by atoms with Crippen molar-refractivity contribution in [2.45, 2.75) is 0 Å². The smallest absolute Gasteiger partial charge is 0.0293 e. The molecule has 0 saturated heterocycles. The van der Waals surface area contributed by atoms with Gasteiger partial charge in [0.2, 0.25) is 0 Å². The van der Waals surface area contributed by atoms with Crippen molar-refractivity contribution in [3.8, 4) is 0 Å². The van der Waals surface area contributed by atoms with Crippen molar-refractivity contribution in [2.75, 3.05) is 0 Å². The first kappa shape index (κ1) is 33.8. The Bertz CT molecular complexity index is 1720. The van der Waals surface area contributed by atoms with Gasteiger partial charge >= 0.3 is 33.7 Å². The van der Waals surface area contributed by atoms with Gasteiger partial charge in [0.05, 0.1) is 0 Å². The zero-order chi connectivity index (χ0) is 24.5. The third-order valence-electron chi connectivity index (χ3n) is 7.08. The molecule has 0 heterocycles. The van der Waals surface area contributed by atoms with E-state index in [2.05, 4.69) is 146 Å². The first-order chi connectivity index (χ1) is 17.9. The van der Waals surface area contributed by atoms with Gasteiger partial charge in [0.15, 0.2) is 0 Å². The molecule has 0 aliphatic heterocycles. The van der Waals surface area contributed by atoms with Crippen LogP contribution in [0.15, 0.2) is 133 Å². The zero-order valence-corrected chi connectivity index (χ0v) is 28.7. The number of hydrogen-bond acceptors (Lipinski definition) is 0. The summed E-state index contributed by atoms with van der Waals surface area (Å²) in [5.41, 5.74) is 0. The molecule has 2 radical (unpaired) electrons. The van der Waals surface area contributed by atoms with Crippen molar-refractivity contribution in [2.24, 2.45) is 0 Å². The molecule has 0 aromatic heterocycles. The Labute approximate surface area is 269 Å².